The minimum absolute atomic E-state index is 0.0123. The zero-order valence-corrected chi connectivity index (χ0v) is 14.2. The van der Waals surface area contributed by atoms with Crippen molar-refractivity contribution in [2.45, 2.75) is 38.6 Å². The second-order valence-electron chi connectivity index (χ2n) is 6.21. The van der Waals surface area contributed by atoms with Crippen LogP contribution >= 0.6 is 11.3 Å². The van der Waals surface area contributed by atoms with Crippen molar-refractivity contribution in [2.75, 3.05) is 6.54 Å². The molecule has 5 nitrogen and oxygen atoms in total. The van der Waals surface area contributed by atoms with Crippen LogP contribution < -0.4 is 4.87 Å². The third kappa shape index (κ3) is 2.82. The highest BCUT2D eigenvalue weighted by molar-refractivity contribution is 7.09. The minimum atomic E-state index is -0.103. The van der Waals surface area contributed by atoms with Crippen molar-refractivity contribution in [1.29, 1.82) is 0 Å². The molecule has 6 heteroatoms. The second kappa shape index (κ2) is 6.36. The predicted molar refractivity (Wildman–Crippen MR) is 94.5 cm³/mol. The maximum absolute atomic E-state index is 12.6. The van der Waals surface area contributed by atoms with Crippen molar-refractivity contribution in [3.63, 3.8) is 0 Å². The molecule has 0 radical (unpaired) electrons. The van der Waals surface area contributed by atoms with Crippen LogP contribution in [0.4, 0.5) is 0 Å². The quantitative estimate of drug-likeness (QED) is 0.861. The monoisotopic (exact) mass is 341 g/mol. The first-order valence-electron chi connectivity index (χ1n) is 8.37. The van der Waals surface area contributed by atoms with Gasteiger partial charge in [0.05, 0.1) is 12.3 Å². The molecule has 0 unspecified atom stereocenters. The fraction of sp³-hybridized carbons (Fsp3) is 0.389. The summed E-state index contributed by atoms with van der Waals surface area (Å²) < 4.78 is 1.66. The minimum Gasteiger partial charge on any atom is -0.293 e. The van der Waals surface area contributed by atoms with E-state index in [1.54, 1.807) is 4.57 Å². The van der Waals surface area contributed by atoms with Gasteiger partial charge >= 0.3 is 4.87 Å². The lowest BCUT2D eigenvalue weighted by molar-refractivity contribution is -0.131. The van der Waals surface area contributed by atoms with Gasteiger partial charge < -0.3 is 0 Å². The molecule has 0 N–H and O–H groups in total. The number of carbonyl (C=O) groups excluding carboxylic acids is 1. The Hall–Kier alpha value is -2.21. The van der Waals surface area contributed by atoms with Gasteiger partial charge in [-0.05, 0) is 31.2 Å². The molecule has 0 spiro atoms. The summed E-state index contributed by atoms with van der Waals surface area (Å²) in [5.74, 6) is -0.103. The molecule has 4 rings (SSSR count). The molecule has 0 fully saturated rings. The van der Waals surface area contributed by atoms with Gasteiger partial charge in [-0.3, -0.25) is 14.2 Å². The molecule has 0 saturated carbocycles. The molecule has 2 aliphatic rings. The molecule has 1 amide bonds. The van der Waals surface area contributed by atoms with Crippen LogP contribution in [0.25, 0.3) is 0 Å². The number of hydrogen-bond acceptors (Lipinski definition) is 4. The number of benzene rings is 1. The molecule has 0 bridgehead atoms. The first-order chi connectivity index (χ1) is 11.7. The Labute approximate surface area is 144 Å². The first-order valence-corrected chi connectivity index (χ1v) is 9.18. The smallest absolute Gasteiger partial charge is 0.293 e. The summed E-state index contributed by atoms with van der Waals surface area (Å²) >= 11 is 1.30. The zero-order valence-electron chi connectivity index (χ0n) is 13.4. The number of aromatic nitrogens is 1. The Morgan fingerprint density at radius 2 is 1.92 bits per heavy atom. The Morgan fingerprint density at radius 3 is 2.75 bits per heavy atom. The molecule has 0 atom stereocenters. The summed E-state index contributed by atoms with van der Waals surface area (Å²) in [6.45, 7) is 0.695. The van der Waals surface area contributed by atoms with E-state index >= 15 is 0 Å². The highest BCUT2D eigenvalue weighted by Gasteiger charge is 2.25. The standard InChI is InChI=1S/C18H19N3O2S/c22-17(12-20-15-8-4-5-9-16(15)24-18(20)23)21-11-10-14(19-21)13-6-2-1-3-7-13/h1-3,6-7H,4-5,8-12H2. The molecule has 1 aromatic carbocycles. The maximum atomic E-state index is 12.6. The van der Waals surface area contributed by atoms with Gasteiger partial charge in [0.25, 0.3) is 5.91 Å². The number of thiazole rings is 1. The number of hydrazone groups is 1. The Bertz CT molecular complexity index is 851. The van der Waals surface area contributed by atoms with Gasteiger partial charge in [-0.15, -0.1) is 0 Å². The van der Waals surface area contributed by atoms with E-state index in [2.05, 4.69) is 5.10 Å². The summed E-state index contributed by atoms with van der Waals surface area (Å²) in [4.78, 5) is 26.0. The molecule has 1 aliphatic heterocycles. The number of nitrogens with zero attached hydrogens (tertiary/aromatic N) is 3. The van der Waals surface area contributed by atoms with Crippen LogP contribution in [0.2, 0.25) is 0 Å². The summed E-state index contributed by atoms with van der Waals surface area (Å²) in [6.07, 6.45) is 4.86. The summed E-state index contributed by atoms with van der Waals surface area (Å²) in [5.41, 5.74) is 3.05. The first kappa shape index (κ1) is 15.3. The van der Waals surface area contributed by atoms with Crippen LogP contribution in [0.1, 0.15) is 35.4 Å². The number of rotatable bonds is 3. The van der Waals surface area contributed by atoms with Crippen LogP contribution in [0.5, 0.6) is 0 Å². The van der Waals surface area contributed by atoms with Crippen molar-refractivity contribution in [1.82, 2.24) is 9.58 Å². The fourth-order valence-electron chi connectivity index (χ4n) is 3.38. The molecular formula is C18H19N3O2S. The summed E-state index contributed by atoms with van der Waals surface area (Å²) in [6, 6.07) is 9.92. The van der Waals surface area contributed by atoms with Crippen molar-refractivity contribution < 1.29 is 4.79 Å². The van der Waals surface area contributed by atoms with Crippen molar-refractivity contribution in [2.24, 2.45) is 5.10 Å². The van der Waals surface area contributed by atoms with Gasteiger partial charge in [-0.2, -0.15) is 5.10 Å². The van der Waals surface area contributed by atoms with E-state index < -0.39 is 0 Å². The average Bonchev–Trinajstić information content (AvgIpc) is 3.21. The number of fused-ring (bicyclic) bond motifs is 1. The normalized spacial score (nSPS) is 16.8. The Morgan fingerprint density at radius 1 is 1.12 bits per heavy atom. The highest BCUT2D eigenvalue weighted by atomic mass is 32.1. The van der Waals surface area contributed by atoms with Crippen molar-refractivity contribution in [3.05, 3.63) is 56.1 Å². The number of carbonyl (C=O) groups is 1. The lowest BCUT2D eigenvalue weighted by atomic mass is 10.0. The lowest BCUT2D eigenvalue weighted by Crippen LogP contribution is -2.31. The summed E-state index contributed by atoms with van der Waals surface area (Å²) in [7, 11) is 0. The molecular weight excluding hydrogens is 322 g/mol. The van der Waals surface area contributed by atoms with Crippen LogP contribution in [0.15, 0.2) is 40.2 Å². The molecule has 0 saturated heterocycles. The molecule has 24 heavy (non-hydrogen) atoms. The predicted octanol–water partition coefficient (Wildman–Crippen LogP) is 2.43. The Kier molecular flexibility index (Phi) is 4.06. The van der Waals surface area contributed by atoms with E-state index in [9.17, 15) is 9.59 Å². The van der Waals surface area contributed by atoms with Crippen LogP contribution in [-0.4, -0.2) is 27.7 Å². The second-order valence-corrected chi connectivity index (χ2v) is 7.26. The average molecular weight is 341 g/mol. The van der Waals surface area contributed by atoms with Gasteiger partial charge in [0.1, 0.15) is 6.54 Å². The number of aryl methyl sites for hydroxylation is 1. The maximum Gasteiger partial charge on any atom is 0.308 e. The van der Waals surface area contributed by atoms with Crippen molar-refractivity contribution >= 4 is 23.0 Å². The van der Waals surface area contributed by atoms with Gasteiger partial charge in [0, 0.05) is 17.0 Å². The molecule has 124 valence electrons. The van der Waals surface area contributed by atoms with E-state index in [1.807, 2.05) is 30.3 Å². The third-order valence-corrected chi connectivity index (χ3v) is 5.72. The van der Waals surface area contributed by atoms with Gasteiger partial charge in [-0.25, -0.2) is 5.01 Å². The Balaban J connectivity index is 1.53. The number of amides is 1. The van der Waals surface area contributed by atoms with E-state index in [0.717, 1.165) is 54.0 Å². The zero-order chi connectivity index (χ0) is 16.5. The van der Waals surface area contributed by atoms with Crippen LogP contribution in [0, 0.1) is 0 Å². The van der Waals surface area contributed by atoms with Gasteiger partial charge in [0.2, 0.25) is 0 Å². The van der Waals surface area contributed by atoms with Gasteiger partial charge in [0.15, 0.2) is 0 Å². The van der Waals surface area contributed by atoms with E-state index in [0.29, 0.717) is 6.54 Å². The molecule has 2 aromatic rings. The lowest BCUT2D eigenvalue weighted by Gasteiger charge is -2.16. The highest BCUT2D eigenvalue weighted by Crippen LogP contribution is 2.23. The molecule has 1 aliphatic carbocycles. The topological polar surface area (TPSA) is 54.7 Å². The SMILES string of the molecule is O=C(Cn1c2c(sc1=O)CCCC2)N1CCC(c2ccccc2)=N1. The third-order valence-electron chi connectivity index (χ3n) is 4.64. The number of hydrogen-bond donors (Lipinski definition) is 0. The van der Waals surface area contributed by atoms with E-state index in [1.165, 1.54) is 16.3 Å². The van der Waals surface area contributed by atoms with E-state index in [-0.39, 0.29) is 17.3 Å². The van der Waals surface area contributed by atoms with Crippen LogP contribution in [-0.2, 0) is 24.2 Å². The van der Waals surface area contributed by atoms with Crippen LogP contribution in [0.3, 0.4) is 0 Å². The van der Waals surface area contributed by atoms with E-state index in [4.69, 9.17) is 0 Å². The van der Waals surface area contributed by atoms with Crippen molar-refractivity contribution in [3.8, 4) is 0 Å². The van der Waals surface area contributed by atoms with Gasteiger partial charge in [-0.1, -0.05) is 41.7 Å². The largest absolute Gasteiger partial charge is 0.308 e. The summed E-state index contributed by atoms with van der Waals surface area (Å²) in [5, 5.41) is 5.98. The molecule has 1 aromatic heterocycles. The molecule has 2 heterocycles. The fourth-order valence-corrected chi connectivity index (χ4v) is 4.45.